The number of nitrogens with one attached hydrogen (secondary N) is 2. The summed E-state index contributed by atoms with van der Waals surface area (Å²) < 4.78 is 30.7. The Labute approximate surface area is 174 Å². The van der Waals surface area contributed by atoms with E-state index in [0.29, 0.717) is 17.1 Å². The van der Waals surface area contributed by atoms with Crippen molar-refractivity contribution in [2.45, 2.75) is 28.9 Å². The molecule has 2 atom stereocenters. The summed E-state index contributed by atoms with van der Waals surface area (Å²) >= 11 is 1.38. The van der Waals surface area contributed by atoms with Crippen molar-refractivity contribution >= 4 is 44.8 Å². The lowest BCUT2D eigenvalue weighted by Gasteiger charge is -2.22. The molecule has 0 radical (unpaired) electrons. The van der Waals surface area contributed by atoms with Crippen LogP contribution in [0.25, 0.3) is 0 Å². The summed E-state index contributed by atoms with van der Waals surface area (Å²) in [5.74, 6) is -1.10. The molecular weight excluding hydrogens is 412 g/mol. The van der Waals surface area contributed by atoms with E-state index >= 15 is 0 Å². The first kappa shape index (κ1) is 21.2. The SMILES string of the molecule is COc1cccc(NC(=O)C(C)CS(=O)(=O)c2ccc3c(c2)NC(=O)C(C)S3)c1. The second-order valence-corrected chi connectivity index (χ2v) is 10.2. The second kappa shape index (κ2) is 8.46. The van der Waals surface area contributed by atoms with Gasteiger partial charge in [0.2, 0.25) is 11.8 Å². The van der Waals surface area contributed by atoms with Crippen molar-refractivity contribution in [3.05, 3.63) is 42.5 Å². The maximum Gasteiger partial charge on any atom is 0.237 e. The van der Waals surface area contributed by atoms with Gasteiger partial charge in [0.15, 0.2) is 9.84 Å². The number of benzene rings is 2. The van der Waals surface area contributed by atoms with Crippen molar-refractivity contribution in [3.8, 4) is 5.75 Å². The average molecular weight is 435 g/mol. The molecule has 7 nitrogen and oxygen atoms in total. The highest BCUT2D eigenvalue weighted by molar-refractivity contribution is 8.01. The highest BCUT2D eigenvalue weighted by atomic mass is 32.2. The zero-order valence-corrected chi connectivity index (χ0v) is 17.9. The number of methoxy groups -OCH3 is 1. The normalized spacial score (nSPS) is 17.1. The maximum atomic E-state index is 12.8. The minimum atomic E-state index is -3.72. The van der Waals surface area contributed by atoms with Gasteiger partial charge in [-0.15, -0.1) is 11.8 Å². The van der Waals surface area contributed by atoms with Crippen molar-refractivity contribution < 1.29 is 22.7 Å². The van der Waals surface area contributed by atoms with E-state index in [2.05, 4.69) is 10.6 Å². The van der Waals surface area contributed by atoms with Gasteiger partial charge in [-0.05, 0) is 37.3 Å². The fourth-order valence-corrected chi connectivity index (χ4v) is 5.35. The van der Waals surface area contributed by atoms with Crippen molar-refractivity contribution in [1.29, 1.82) is 0 Å². The number of fused-ring (bicyclic) bond motifs is 1. The molecule has 3 rings (SSSR count). The zero-order chi connectivity index (χ0) is 21.2. The molecule has 0 bridgehead atoms. The summed E-state index contributed by atoms with van der Waals surface area (Å²) in [6, 6.07) is 11.5. The summed E-state index contributed by atoms with van der Waals surface area (Å²) in [7, 11) is -2.20. The highest BCUT2D eigenvalue weighted by Crippen LogP contribution is 2.37. The molecule has 1 aliphatic heterocycles. The van der Waals surface area contributed by atoms with Crippen LogP contribution in [0.3, 0.4) is 0 Å². The van der Waals surface area contributed by atoms with Crippen molar-refractivity contribution in [2.75, 3.05) is 23.5 Å². The van der Waals surface area contributed by atoms with Crippen LogP contribution < -0.4 is 15.4 Å². The van der Waals surface area contributed by atoms with Gasteiger partial charge in [-0.1, -0.05) is 13.0 Å². The quantitative estimate of drug-likeness (QED) is 0.724. The second-order valence-electron chi connectivity index (χ2n) is 6.81. The van der Waals surface area contributed by atoms with Gasteiger partial charge in [-0.2, -0.15) is 0 Å². The lowest BCUT2D eigenvalue weighted by atomic mass is 10.2. The Bertz CT molecular complexity index is 1050. The van der Waals surface area contributed by atoms with E-state index in [4.69, 9.17) is 4.74 Å². The first-order valence-corrected chi connectivity index (χ1v) is 11.5. The third-order valence-electron chi connectivity index (χ3n) is 4.50. The zero-order valence-electron chi connectivity index (χ0n) is 16.3. The molecule has 0 saturated carbocycles. The molecule has 0 aromatic heterocycles. The fraction of sp³-hybridized carbons (Fsp3) is 0.300. The van der Waals surface area contributed by atoms with Gasteiger partial charge in [-0.3, -0.25) is 9.59 Å². The van der Waals surface area contributed by atoms with Gasteiger partial charge in [0.1, 0.15) is 5.75 Å². The van der Waals surface area contributed by atoms with Gasteiger partial charge >= 0.3 is 0 Å². The van der Waals surface area contributed by atoms with Crippen molar-refractivity contribution in [3.63, 3.8) is 0 Å². The predicted molar refractivity (Wildman–Crippen MR) is 113 cm³/mol. The Morgan fingerprint density at radius 2 is 2.03 bits per heavy atom. The average Bonchev–Trinajstić information content (AvgIpc) is 2.68. The Kier molecular flexibility index (Phi) is 6.18. The van der Waals surface area contributed by atoms with Crippen molar-refractivity contribution in [2.24, 2.45) is 5.92 Å². The summed E-state index contributed by atoms with van der Waals surface area (Å²) in [6.07, 6.45) is 0. The van der Waals surface area contributed by atoms with E-state index < -0.39 is 21.7 Å². The summed E-state index contributed by atoms with van der Waals surface area (Å²) in [5, 5.41) is 5.20. The molecule has 2 aromatic rings. The van der Waals surface area contributed by atoms with Gasteiger partial charge in [0.05, 0.1) is 28.7 Å². The van der Waals surface area contributed by atoms with Crippen LogP contribution in [-0.4, -0.2) is 38.3 Å². The summed E-state index contributed by atoms with van der Waals surface area (Å²) in [5.41, 5.74) is 1.01. The largest absolute Gasteiger partial charge is 0.497 e. The number of carbonyl (C=O) groups is 2. The van der Waals surface area contributed by atoms with Crippen LogP contribution in [0.1, 0.15) is 13.8 Å². The standard InChI is InChI=1S/C20H22N2O5S2/c1-12(19(23)21-14-5-4-6-15(9-14)27-3)11-29(25,26)16-7-8-18-17(10-16)22-20(24)13(2)28-18/h4-10,12-13H,11H2,1-3H3,(H,21,23)(H,22,24). The molecule has 154 valence electrons. The lowest BCUT2D eigenvalue weighted by Crippen LogP contribution is -2.28. The number of amides is 2. The molecule has 1 heterocycles. The van der Waals surface area contributed by atoms with Gasteiger partial charge in [-0.25, -0.2) is 8.42 Å². The van der Waals surface area contributed by atoms with Gasteiger partial charge < -0.3 is 15.4 Å². The number of sulfone groups is 1. The summed E-state index contributed by atoms with van der Waals surface area (Å²) in [6.45, 7) is 3.35. The third kappa shape index (κ3) is 4.91. The topological polar surface area (TPSA) is 102 Å². The molecule has 0 fully saturated rings. The predicted octanol–water partition coefficient (Wildman–Crippen LogP) is 3.18. The molecular formula is C20H22N2O5S2. The summed E-state index contributed by atoms with van der Waals surface area (Å²) in [4.78, 5) is 25.2. The molecule has 2 N–H and O–H groups in total. The van der Waals surface area contributed by atoms with E-state index in [1.807, 2.05) is 0 Å². The first-order chi connectivity index (χ1) is 13.7. The van der Waals surface area contributed by atoms with E-state index in [-0.39, 0.29) is 21.8 Å². The molecule has 9 heteroatoms. The number of hydrogen-bond acceptors (Lipinski definition) is 6. The van der Waals surface area contributed by atoms with E-state index in [1.54, 1.807) is 44.2 Å². The van der Waals surface area contributed by atoms with Gasteiger partial charge in [0.25, 0.3) is 0 Å². The van der Waals surface area contributed by atoms with Crippen LogP contribution >= 0.6 is 11.8 Å². The minimum Gasteiger partial charge on any atom is -0.497 e. The Morgan fingerprint density at radius 1 is 1.28 bits per heavy atom. The fourth-order valence-electron chi connectivity index (χ4n) is 2.85. The van der Waals surface area contributed by atoms with E-state index in [1.165, 1.54) is 31.0 Å². The van der Waals surface area contributed by atoms with Crippen LogP contribution in [0.5, 0.6) is 5.75 Å². The molecule has 2 unspecified atom stereocenters. The smallest absolute Gasteiger partial charge is 0.237 e. The third-order valence-corrected chi connectivity index (χ3v) is 7.58. The van der Waals surface area contributed by atoms with Crippen LogP contribution in [0.2, 0.25) is 0 Å². The Balaban J connectivity index is 1.72. The molecule has 29 heavy (non-hydrogen) atoms. The molecule has 1 aliphatic rings. The maximum absolute atomic E-state index is 12.8. The van der Waals surface area contributed by atoms with E-state index in [9.17, 15) is 18.0 Å². The molecule has 0 saturated heterocycles. The van der Waals surface area contributed by atoms with Gasteiger partial charge in [0, 0.05) is 22.6 Å². The molecule has 0 aliphatic carbocycles. The molecule has 0 spiro atoms. The number of rotatable bonds is 6. The number of ether oxygens (including phenoxy) is 1. The lowest BCUT2D eigenvalue weighted by molar-refractivity contribution is -0.119. The number of carbonyl (C=O) groups excluding carboxylic acids is 2. The first-order valence-electron chi connectivity index (χ1n) is 8.99. The number of hydrogen-bond donors (Lipinski definition) is 2. The molecule has 2 aromatic carbocycles. The number of thioether (sulfide) groups is 1. The van der Waals surface area contributed by atoms with Crippen LogP contribution in [0.15, 0.2) is 52.3 Å². The molecule has 2 amide bonds. The monoisotopic (exact) mass is 434 g/mol. The Hall–Kier alpha value is -2.52. The van der Waals surface area contributed by atoms with Crippen LogP contribution in [-0.2, 0) is 19.4 Å². The Morgan fingerprint density at radius 3 is 2.76 bits per heavy atom. The highest BCUT2D eigenvalue weighted by Gasteiger charge is 2.27. The van der Waals surface area contributed by atoms with Crippen LogP contribution in [0, 0.1) is 5.92 Å². The van der Waals surface area contributed by atoms with E-state index in [0.717, 1.165) is 4.90 Å². The van der Waals surface area contributed by atoms with Crippen molar-refractivity contribution in [1.82, 2.24) is 0 Å². The number of anilines is 2. The minimum absolute atomic E-state index is 0.0766. The van der Waals surface area contributed by atoms with Crippen LogP contribution in [0.4, 0.5) is 11.4 Å².